The third-order valence-electron chi connectivity index (χ3n) is 4.62. The molecule has 1 amide bonds. The predicted molar refractivity (Wildman–Crippen MR) is 106 cm³/mol. The van der Waals surface area contributed by atoms with Crippen molar-refractivity contribution in [2.24, 2.45) is 0 Å². The number of carbonyl (C=O) groups is 2. The molecular formula is C18H20ClNO5S2. The van der Waals surface area contributed by atoms with Crippen molar-refractivity contribution in [1.29, 1.82) is 0 Å². The number of benzene rings is 1. The highest BCUT2D eigenvalue weighted by Gasteiger charge is 2.36. The lowest BCUT2D eigenvalue weighted by Crippen LogP contribution is -2.46. The maximum absolute atomic E-state index is 12.7. The van der Waals surface area contributed by atoms with E-state index in [-0.39, 0.29) is 22.4 Å². The molecule has 1 saturated heterocycles. The first-order chi connectivity index (χ1) is 12.7. The van der Waals surface area contributed by atoms with Crippen LogP contribution in [-0.2, 0) is 19.4 Å². The molecule has 0 radical (unpaired) electrons. The second kappa shape index (κ2) is 7.77. The van der Waals surface area contributed by atoms with Gasteiger partial charge in [-0.2, -0.15) is 0 Å². The summed E-state index contributed by atoms with van der Waals surface area (Å²) in [6.45, 7) is 3.62. The number of halogens is 1. The van der Waals surface area contributed by atoms with Crippen molar-refractivity contribution in [3.05, 3.63) is 34.2 Å². The lowest BCUT2D eigenvalue weighted by molar-refractivity contribution is -0.141. The molecule has 1 aromatic carbocycles. The lowest BCUT2D eigenvalue weighted by Gasteiger charge is -2.29. The van der Waals surface area contributed by atoms with E-state index in [2.05, 4.69) is 0 Å². The number of hydrogen-bond acceptors (Lipinski definition) is 6. The Balaban J connectivity index is 1.73. The third-order valence-corrected chi connectivity index (χ3v) is 8.03. The van der Waals surface area contributed by atoms with Crippen LogP contribution in [0.4, 0.5) is 0 Å². The van der Waals surface area contributed by atoms with E-state index in [0.29, 0.717) is 18.0 Å². The standard InChI is InChI=1S/C18H20ClNO5S2/c1-3-20(12-8-9-27(23,24)10-12)17(21)11(2)25-18(22)16-15(19)13-6-4-5-7-14(13)26-16/h4-7,11-12H,3,8-10H2,1-2H3. The number of likely N-dealkylation sites (N-methyl/N-ethyl adjacent to an activating group) is 1. The molecule has 146 valence electrons. The summed E-state index contributed by atoms with van der Waals surface area (Å²) in [7, 11) is -3.11. The van der Waals surface area contributed by atoms with Crippen LogP contribution in [0.3, 0.4) is 0 Å². The fraction of sp³-hybridized carbons (Fsp3) is 0.444. The van der Waals surface area contributed by atoms with Crippen LogP contribution in [0.1, 0.15) is 29.9 Å². The van der Waals surface area contributed by atoms with Crippen LogP contribution in [0.5, 0.6) is 0 Å². The molecule has 1 fully saturated rings. The second-order valence-electron chi connectivity index (χ2n) is 6.47. The molecule has 0 bridgehead atoms. The molecule has 2 aromatic rings. The summed E-state index contributed by atoms with van der Waals surface area (Å²) in [5, 5.41) is 1.08. The normalized spacial score (nSPS) is 19.7. The molecular weight excluding hydrogens is 410 g/mol. The quantitative estimate of drug-likeness (QED) is 0.682. The number of sulfone groups is 1. The molecule has 1 aliphatic rings. The molecule has 1 aliphatic heterocycles. The molecule has 9 heteroatoms. The van der Waals surface area contributed by atoms with Crippen LogP contribution in [-0.4, -0.2) is 55.4 Å². The lowest BCUT2D eigenvalue weighted by atomic mass is 10.2. The predicted octanol–water partition coefficient (Wildman–Crippen LogP) is 3.14. The number of ether oxygens (including phenoxy) is 1. The van der Waals surface area contributed by atoms with Crippen molar-refractivity contribution in [3.8, 4) is 0 Å². The number of nitrogens with zero attached hydrogens (tertiary/aromatic N) is 1. The zero-order chi connectivity index (χ0) is 19.8. The van der Waals surface area contributed by atoms with Crippen LogP contribution in [0.25, 0.3) is 10.1 Å². The van der Waals surface area contributed by atoms with E-state index in [9.17, 15) is 18.0 Å². The highest BCUT2D eigenvalue weighted by molar-refractivity contribution is 7.91. The van der Waals surface area contributed by atoms with E-state index < -0.39 is 27.8 Å². The zero-order valence-electron chi connectivity index (χ0n) is 15.0. The fourth-order valence-corrected chi connectivity index (χ4v) is 6.38. The van der Waals surface area contributed by atoms with Gasteiger partial charge in [-0.1, -0.05) is 29.8 Å². The van der Waals surface area contributed by atoms with E-state index >= 15 is 0 Å². The summed E-state index contributed by atoms with van der Waals surface area (Å²) in [6, 6.07) is 6.99. The van der Waals surface area contributed by atoms with E-state index in [1.54, 1.807) is 6.92 Å². The topological polar surface area (TPSA) is 80.8 Å². The maximum Gasteiger partial charge on any atom is 0.350 e. The largest absolute Gasteiger partial charge is 0.448 e. The van der Waals surface area contributed by atoms with Gasteiger partial charge in [0.25, 0.3) is 5.91 Å². The first-order valence-electron chi connectivity index (χ1n) is 8.62. The highest BCUT2D eigenvalue weighted by Crippen LogP contribution is 2.35. The maximum atomic E-state index is 12.7. The van der Waals surface area contributed by atoms with Crippen LogP contribution in [0.2, 0.25) is 5.02 Å². The van der Waals surface area contributed by atoms with Gasteiger partial charge in [0.2, 0.25) is 0 Å². The van der Waals surface area contributed by atoms with Gasteiger partial charge in [0.1, 0.15) is 4.88 Å². The van der Waals surface area contributed by atoms with Crippen LogP contribution < -0.4 is 0 Å². The zero-order valence-corrected chi connectivity index (χ0v) is 17.4. The van der Waals surface area contributed by atoms with Gasteiger partial charge in [-0.3, -0.25) is 4.79 Å². The van der Waals surface area contributed by atoms with Gasteiger partial charge in [0, 0.05) is 22.7 Å². The van der Waals surface area contributed by atoms with Crippen LogP contribution in [0.15, 0.2) is 24.3 Å². The van der Waals surface area contributed by atoms with Gasteiger partial charge >= 0.3 is 5.97 Å². The van der Waals surface area contributed by atoms with Crippen molar-refractivity contribution < 1.29 is 22.7 Å². The van der Waals surface area contributed by atoms with E-state index in [0.717, 1.165) is 10.1 Å². The Hall–Kier alpha value is -1.64. The van der Waals surface area contributed by atoms with E-state index in [1.807, 2.05) is 24.3 Å². The summed E-state index contributed by atoms with van der Waals surface area (Å²) in [4.78, 5) is 27.0. The van der Waals surface area contributed by atoms with E-state index in [1.165, 1.54) is 23.2 Å². The van der Waals surface area contributed by atoms with Gasteiger partial charge in [-0.25, -0.2) is 13.2 Å². The summed E-state index contributed by atoms with van der Waals surface area (Å²) >= 11 is 7.50. The van der Waals surface area contributed by atoms with Gasteiger partial charge in [-0.15, -0.1) is 11.3 Å². The highest BCUT2D eigenvalue weighted by atomic mass is 35.5. The van der Waals surface area contributed by atoms with E-state index in [4.69, 9.17) is 16.3 Å². The average Bonchev–Trinajstić information content (AvgIpc) is 3.15. The third kappa shape index (κ3) is 4.12. The van der Waals surface area contributed by atoms with Crippen molar-refractivity contribution in [3.63, 3.8) is 0 Å². The number of carbonyl (C=O) groups excluding carboxylic acids is 2. The van der Waals surface area contributed by atoms with Gasteiger partial charge in [0.05, 0.1) is 16.5 Å². The number of rotatable bonds is 5. The summed E-state index contributed by atoms with van der Waals surface area (Å²) in [5.74, 6) is -1.02. The smallest absolute Gasteiger partial charge is 0.350 e. The van der Waals surface area contributed by atoms with Gasteiger partial charge in [-0.05, 0) is 26.3 Å². The molecule has 3 rings (SSSR count). The number of hydrogen-bond donors (Lipinski definition) is 0. The first-order valence-corrected chi connectivity index (χ1v) is 11.6. The Bertz CT molecular complexity index is 985. The minimum atomic E-state index is -3.11. The Morgan fingerprint density at radius 2 is 2.07 bits per heavy atom. The summed E-state index contributed by atoms with van der Waals surface area (Å²) in [5.41, 5.74) is 0. The molecule has 6 nitrogen and oxygen atoms in total. The Kier molecular flexibility index (Phi) is 5.79. The molecule has 2 atom stereocenters. The molecule has 1 aromatic heterocycles. The SMILES string of the molecule is CCN(C(=O)C(C)OC(=O)c1sc2ccccc2c1Cl)C1CCS(=O)(=O)C1. The van der Waals surface area contributed by atoms with Crippen molar-refractivity contribution >= 4 is 54.7 Å². The Labute approximate surface area is 167 Å². The van der Waals surface area contributed by atoms with Crippen LogP contribution in [0, 0.1) is 0 Å². The molecule has 2 heterocycles. The number of fused-ring (bicyclic) bond motifs is 1. The molecule has 0 spiro atoms. The molecule has 2 unspecified atom stereocenters. The molecule has 27 heavy (non-hydrogen) atoms. The molecule has 0 aliphatic carbocycles. The fourth-order valence-electron chi connectivity index (χ4n) is 3.26. The number of amides is 1. The van der Waals surface area contributed by atoms with Gasteiger partial charge in [0.15, 0.2) is 15.9 Å². The van der Waals surface area contributed by atoms with Crippen molar-refractivity contribution in [1.82, 2.24) is 4.90 Å². The average molecular weight is 430 g/mol. The van der Waals surface area contributed by atoms with Crippen molar-refractivity contribution in [2.45, 2.75) is 32.4 Å². The minimum absolute atomic E-state index is 0.0462. The van der Waals surface area contributed by atoms with Gasteiger partial charge < -0.3 is 9.64 Å². The molecule has 0 N–H and O–H groups in total. The summed E-state index contributed by atoms with van der Waals surface area (Å²) in [6.07, 6.45) is -0.618. The van der Waals surface area contributed by atoms with Crippen LogP contribution >= 0.6 is 22.9 Å². The number of esters is 1. The number of thiophene rings is 1. The first kappa shape index (κ1) is 20.1. The Morgan fingerprint density at radius 1 is 1.37 bits per heavy atom. The monoisotopic (exact) mass is 429 g/mol. The minimum Gasteiger partial charge on any atom is -0.448 e. The summed E-state index contributed by atoms with van der Waals surface area (Å²) < 4.78 is 29.6. The second-order valence-corrected chi connectivity index (χ2v) is 10.1. The Morgan fingerprint density at radius 3 is 2.67 bits per heavy atom. The molecule has 0 saturated carbocycles. The van der Waals surface area contributed by atoms with Crippen molar-refractivity contribution in [2.75, 3.05) is 18.1 Å².